The van der Waals surface area contributed by atoms with Crippen molar-refractivity contribution in [3.63, 3.8) is 0 Å². The topological polar surface area (TPSA) is 38.3 Å². The molecular weight excluding hydrogens is 285 g/mol. The van der Waals surface area contributed by atoms with Gasteiger partial charge in [-0.15, -0.1) is 0 Å². The number of halogens is 2. The Morgan fingerprint density at radius 1 is 1.42 bits per heavy atom. The highest BCUT2D eigenvalue weighted by atomic mass is 35.5. The number of carbonyl (C=O) groups is 1. The van der Waals surface area contributed by atoms with Crippen LogP contribution in [0.1, 0.15) is 24.8 Å². The molecule has 0 unspecified atom stereocenters. The lowest BCUT2D eigenvalue weighted by Crippen LogP contribution is -2.45. The van der Waals surface area contributed by atoms with E-state index in [0.29, 0.717) is 16.5 Å². The molecule has 2 rings (SSSR count). The lowest BCUT2D eigenvalue weighted by molar-refractivity contribution is -0.142. The van der Waals surface area contributed by atoms with Crippen LogP contribution in [0.5, 0.6) is 0 Å². The van der Waals surface area contributed by atoms with E-state index >= 15 is 0 Å². The second-order valence-electron chi connectivity index (χ2n) is 4.94. The van der Waals surface area contributed by atoms with Crippen molar-refractivity contribution in [2.75, 3.05) is 20.2 Å². The van der Waals surface area contributed by atoms with Gasteiger partial charge in [-0.05, 0) is 37.1 Å². The second kappa shape index (κ2) is 6.12. The molecule has 1 aromatic rings. The van der Waals surface area contributed by atoms with Crippen LogP contribution in [0.4, 0.5) is 0 Å². The summed E-state index contributed by atoms with van der Waals surface area (Å²) in [4.78, 5) is 11.7. The Morgan fingerprint density at radius 2 is 2.21 bits per heavy atom. The number of esters is 1. The van der Waals surface area contributed by atoms with Gasteiger partial charge in [0.1, 0.15) is 0 Å². The lowest BCUT2D eigenvalue weighted by Gasteiger charge is -2.37. The molecule has 0 radical (unpaired) electrons. The summed E-state index contributed by atoms with van der Waals surface area (Å²) >= 11 is 12.1. The Bertz CT molecular complexity index is 471. The predicted octanol–water partition coefficient (Wildman–Crippen LogP) is 3.18. The summed E-state index contributed by atoms with van der Waals surface area (Å²) in [7, 11) is 1.42. The minimum Gasteiger partial charge on any atom is -0.469 e. The second-order valence-corrected chi connectivity index (χ2v) is 5.76. The molecule has 1 aromatic carbocycles. The highest BCUT2D eigenvalue weighted by Gasteiger charge is 2.36. The molecule has 0 bridgehead atoms. The van der Waals surface area contributed by atoms with E-state index in [-0.39, 0.29) is 11.4 Å². The van der Waals surface area contributed by atoms with Crippen LogP contribution in [0.3, 0.4) is 0 Å². The first-order valence-corrected chi connectivity index (χ1v) is 7.06. The van der Waals surface area contributed by atoms with Crippen LogP contribution < -0.4 is 5.32 Å². The maximum atomic E-state index is 11.7. The van der Waals surface area contributed by atoms with Crippen LogP contribution in [-0.4, -0.2) is 26.2 Å². The van der Waals surface area contributed by atoms with E-state index in [1.807, 2.05) is 12.1 Å². The minimum atomic E-state index is -0.250. The number of piperidine rings is 1. The lowest BCUT2D eigenvalue weighted by atomic mass is 9.72. The molecule has 104 valence electrons. The molecule has 1 fully saturated rings. The molecule has 0 aromatic heterocycles. The van der Waals surface area contributed by atoms with Gasteiger partial charge >= 0.3 is 5.97 Å². The molecule has 0 saturated carbocycles. The molecule has 0 amide bonds. The van der Waals surface area contributed by atoms with Crippen molar-refractivity contribution in [1.82, 2.24) is 5.32 Å². The van der Waals surface area contributed by atoms with E-state index in [0.717, 1.165) is 31.5 Å². The Kier molecular flexibility index (Phi) is 4.71. The third-order valence-corrected chi connectivity index (χ3v) is 4.45. The molecule has 5 heteroatoms. The fraction of sp³-hybridized carbons (Fsp3) is 0.500. The van der Waals surface area contributed by atoms with E-state index in [1.165, 1.54) is 7.11 Å². The fourth-order valence-corrected chi connectivity index (χ4v) is 2.94. The molecule has 0 aliphatic carbocycles. The number of rotatable bonds is 3. The Morgan fingerprint density at radius 3 is 2.79 bits per heavy atom. The fourth-order valence-electron chi connectivity index (χ4n) is 2.64. The third kappa shape index (κ3) is 3.22. The summed E-state index contributed by atoms with van der Waals surface area (Å²) in [5.74, 6) is -0.199. The van der Waals surface area contributed by atoms with Gasteiger partial charge in [0.05, 0.1) is 23.6 Å². The van der Waals surface area contributed by atoms with Gasteiger partial charge in [0.25, 0.3) is 0 Å². The van der Waals surface area contributed by atoms with Crippen LogP contribution in [0.2, 0.25) is 10.0 Å². The average Bonchev–Trinajstić information content (AvgIpc) is 2.42. The van der Waals surface area contributed by atoms with Gasteiger partial charge in [0.2, 0.25) is 0 Å². The molecule has 1 heterocycles. The van der Waals surface area contributed by atoms with E-state index in [1.54, 1.807) is 6.07 Å². The summed E-state index contributed by atoms with van der Waals surface area (Å²) in [5.41, 5.74) is 0.791. The first-order chi connectivity index (χ1) is 9.07. The van der Waals surface area contributed by atoms with E-state index in [4.69, 9.17) is 27.9 Å². The SMILES string of the molecule is COC(=O)C[C@]1(c2ccc(Cl)c(Cl)c2)CCCNC1. The number of carbonyl (C=O) groups excluding carboxylic acids is 1. The highest BCUT2D eigenvalue weighted by molar-refractivity contribution is 6.42. The van der Waals surface area contributed by atoms with Gasteiger partial charge in [0, 0.05) is 12.0 Å². The molecular formula is C14H17Cl2NO2. The van der Waals surface area contributed by atoms with Crippen LogP contribution in [0.25, 0.3) is 0 Å². The van der Waals surface area contributed by atoms with E-state index < -0.39 is 0 Å². The third-order valence-electron chi connectivity index (χ3n) is 3.71. The van der Waals surface area contributed by atoms with Crippen molar-refractivity contribution in [1.29, 1.82) is 0 Å². The van der Waals surface area contributed by atoms with Gasteiger partial charge in [-0.2, -0.15) is 0 Å². The Hall–Kier alpha value is -0.770. The zero-order chi connectivity index (χ0) is 13.9. The number of nitrogens with one attached hydrogen (secondary N) is 1. The standard InChI is InChI=1S/C14H17Cl2NO2/c1-19-13(18)8-14(5-2-6-17-9-14)10-3-4-11(15)12(16)7-10/h3-4,7,17H,2,5-6,8-9H2,1H3/t14-/m1/s1. The molecule has 0 spiro atoms. The summed E-state index contributed by atoms with van der Waals surface area (Å²) in [6.07, 6.45) is 2.32. The van der Waals surface area contributed by atoms with Crippen LogP contribution in [-0.2, 0) is 14.9 Å². The number of hydrogen-bond donors (Lipinski definition) is 1. The first-order valence-electron chi connectivity index (χ1n) is 6.30. The summed E-state index contributed by atoms with van der Waals surface area (Å²) in [6, 6.07) is 5.59. The summed E-state index contributed by atoms with van der Waals surface area (Å²) in [5, 5.41) is 4.41. The quantitative estimate of drug-likeness (QED) is 0.872. The zero-order valence-corrected chi connectivity index (χ0v) is 12.4. The van der Waals surface area contributed by atoms with Gasteiger partial charge in [-0.3, -0.25) is 4.79 Å². The van der Waals surface area contributed by atoms with E-state index in [9.17, 15) is 4.79 Å². The van der Waals surface area contributed by atoms with Crippen molar-refractivity contribution in [3.8, 4) is 0 Å². The number of ether oxygens (including phenoxy) is 1. The number of methoxy groups -OCH3 is 1. The molecule has 3 nitrogen and oxygen atoms in total. The monoisotopic (exact) mass is 301 g/mol. The first kappa shape index (κ1) is 14.6. The van der Waals surface area contributed by atoms with Crippen LogP contribution in [0.15, 0.2) is 18.2 Å². The molecule has 1 aliphatic heterocycles. The maximum absolute atomic E-state index is 11.7. The van der Waals surface area contributed by atoms with Crippen molar-refractivity contribution in [3.05, 3.63) is 33.8 Å². The van der Waals surface area contributed by atoms with Crippen LogP contribution in [0, 0.1) is 0 Å². The highest BCUT2D eigenvalue weighted by Crippen LogP contribution is 2.37. The minimum absolute atomic E-state index is 0.199. The van der Waals surface area contributed by atoms with Crippen molar-refractivity contribution >= 4 is 29.2 Å². The smallest absolute Gasteiger partial charge is 0.306 e. The largest absolute Gasteiger partial charge is 0.469 e. The Labute approximate surface area is 123 Å². The Balaban J connectivity index is 2.35. The van der Waals surface area contributed by atoms with Gasteiger partial charge in [-0.1, -0.05) is 29.3 Å². The van der Waals surface area contributed by atoms with Crippen molar-refractivity contribution in [2.45, 2.75) is 24.7 Å². The molecule has 1 aliphatic rings. The van der Waals surface area contributed by atoms with Crippen LogP contribution >= 0.6 is 23.2 Å². The zero-order valence-electron chi connectivity index (χ0n) is 10.8. The summed E-state index contributed by atoms with van der Waals surface area (Å²) < 4.78 is 4.83. The average molecular weight is 302 g/mol. The van der Waals surface area contributed by atoms with Gasteiger partial charge in [0.15, 0.2) is 0 Å². The van der Waals surface area contributed by atoms with Gasteiger partial charge < -0.3 is 10.1 Å². The number of hydrogen-bond acceptors (Lipinski definition) is 3. The molecule has 19 heavy (non-hydrogen) atoms. The predicted molar refractivity (Wildman–Crippen MR) is 76.9 cm³/mol. The summed E-state index contributed by atoms with van der Waals surface area (Å²) in [6.45, 7) is 1.73. The normalized spacial score (nSPS) is 23.1. The maximum Gasteiger partial charge on any atom is 0.306 e. The molecule has 1 saturated heterocycles. The van der Waals surface area contributed by atoms with Gasteiger partial charge in [-0.25, -0.2) is 0 Å². The van der Waals surface area contributed by atoms with Crippen molar-refractivity contribution in [2.24, 2.45) is 0 Å². The molecule has 1 atom stereocenters. The van der Waals surface area contributed by atoms with E-state index in [2.05, 4.69) is 5.32 Å². The van der Waals surface area contributed by atoms with Crippen molar-refractivity contribution < 1.29 is 9.53 Å². The molecule has 1 N–H and O–H groups in total. The number of benzene rings is 1.